The first-order valence-electron chi connectivity index (χ1n) is 35.4. The first-order valence-corrected chi connectivity index (χ1v) is 35.4. The molecule has 0 aliphatic rings. The number of ether oxygens (including phenoxy) is 1. The van der Waals surface area contributed by atoms with Crippen molar-refractivity contribution in [2.75, 3.05) is 13.2 Å². The molecule has 0 aromatic heterocycles. The van der Waals surface area contributed by atoms with Crippen molar-refractivity contribution >= 4 is 11.9 Å². The lowest BCUT2D eigenvalue weighted by molar-refractivity contribution is -0.143. The van der Waals surface area contributed by atoms with Gasteiger partial charge in [-0.25, -0.2) is 0 Å². The van der Waals surface area contributed by atoms with Crippen molar-refractivity contribution < 1.29 is 24.5 Å². The molecular formula is C71H139NO5. The summed E-state index contributed by atoms with van der Waals surface area (Å²) in [5, 5.41) is 23.4. The molecule has 0 rings (SSSR count). The number of hydrogen-bond acceptors (Lipinski definition) is 5. The number of hydrogen-bond donors (Lipinski definition) is 3. The van der Waals surface area contributed by atoms with Crippen molar-refractivity contribution in [1.82, 2.24) is 5.32 Å². The second-order valence-electron chi connectivity index (χ2n) is 24.6. The summed E-state index contributed by atoms with van der Waals surface area (Å²) >= 11 is 0. The number of aliphatic hydroxyl groups excluding tert-OH is 2. The maximum atomic E-state index is 12.5. The van der Waals surface area contributed by atoms with E-state index in [1.54, 1.807) is 0 Å². The fourth-order valence-electron chi connectivity index (χ4n) is 11.4. The zero-order valence-corrected chi connectivity index (χ0v) is 52.5. The topological polar surface area (TPSA) is 95.9 Å². The van der Waals surface area contributed by atoms with Crippen LogP contribution in [0.5, 0.6) is 0 Å². The Hall–Kier alpha value is -1.40. The van der Waals surface area contributed by atoms with Crippen LogP contribution >= 0.6 is 0 Å². The summed E-state index contributed by atoms with van der Waals surface area (Å²) in [6.45, 7) is 5.00. The minimum absolute atomic E-state index is 0.0177. The van der Waals surface area contributed by atoms with Crippen molar-refractivity contribution in [3.63, 3.8) is 0 Å². The Kier molecular flexibility index (Phi) is 65.9. The molecule has 0 saturated heterocycles. The van der Waals surface area contributed by atoms with Gasteiger partial charge in [0.25, 0.3) is 0 Å². The van der Waals surface area contributed by atoms with Gasteiger partial charge in [-0.05, 0) is 51.4 Å². The highest BCUT2D eigenvalue weighted by atomic mass is 16.5. The fraction of sp³-hybridized carbons (Fsp3) is 0.944. The molecule has 0 aromatic carbocycles. The number of esters is 1. The molecule has 0 heterocycles. The fourth-order valence-corrected chi connectivity index (χ4v) is 11.4. The number of aliphatic hydroxyl groups is 2. The van der Waals surface area contributed by atoms with Crippen LogP contribution in [-0.2, 0) is 14.3 Å². The van der Waals surface area contributed by atoms with Crippen LogP contribution < -0.4 is 5.32 Å². The predicted octanol–water partition coefficient (Wildman–Crippen LogP) is 22.8. The van der Waals surface area contributed by atoms with E-state index in [0.717, 1.165) is 38.5 Å². The zero-order valence-electron chi connectivity index (χ0n) is 52.5. The van der Waals surface area contributed by atoms with E-state index in [4.69, 9.17) is 4.74 Å². The number of nitrogens with one attached hydrogen (secondary N) is 1. The second kappa shape index (κ2) is 67.1. The predicted molar refractivity (Wildman–Crippen MR) is 338 cm³/mol. The molecule has 0 aliphatic heterocycles. The molecule has 77 heavy (non-hydrogen) atoms. The average molecular weight is 1090 g/mol. The first kappa shape index (κ1) is 75.6. The van der Waals surface area contributed by atoms with Gasteiger partial charge in [0, 0.05) is 12.8 Å². The highest BCUT2D eigenvalue weighted by molar-refractivity contribution is 5.76. The largest absolute Gasteiger partial charge is 0.466 e. The van der Waals surface area contributed by atoms with Gasteiger partial charge < -0.3 is 20.3 Å². The third-order valence-corrected chi connectivity index (χ3v) is 16.8. The average Bonchev–Trinajstić information content (AvgIpc) is 3.43. The van der Waals surface area contributed by atoms with Gasteiger partial charge in [0.05, 0.1) is 25.4 Å². The molecule has 6 heteroatoms. The van der Waals surface area contributed by atoms with Gasteiger partial charge in [-0.3, -0.25) is 9.59 Å². The highest BCUT2D eigenvalue weighted by Gasteiger charge is 2.20. The Morgan fingerprint density at radius 2 is 0.610 bits per heavy atom. The van der Waals surface area contributed by atoms with Crippen molar-refractivity contribution in [3.8, 4) is 0 Å². The Balaban J connectivity index is 3.38. The summed E-state index contributed by atoms with van der Waals surface area (Å²) < 4.78 is 5.49. The third kappa shape index (κ3) is 63.6. The summed E-state index contributed by atoms with van der Waals surface area (Å²) in [4.78, 5) is 24.6. The molecule has 0 saturated carbocycles. The van der Waals surface area contributed by atoms with Crippen molar-refractivity contribution in [1.29, 1.82) is 0 Å². The van der Waals surface area contributed by atoms with Crippen molar-refractivity contribution in [2.45, 2.75) is 418 Å². The van der Waals surface area contributed by atoms with Gasteiger partial charge in [-0.1, -0.05) is 353 Å². The van der Waals surface area contributed by atoms with Crippen LogP contribution in [0, 0.1) is 0 Å². The summed E-state index contributed by atoms with van der Waals surface area (Å²) in [6, 6.07) is -0.542. The maximum Gasteiger partial charge on any atom is 0.305 e. The van der Waals surface area contributed by atoms with Gasteiger partial charge in [-0.2, -0.15) is 0 Å². The van der Waals surface area contributed by atoms with Crippen LogP contribution in [0.25, 0.3) is 0 Å². The van der Waals surface area contributed by atoms with Gasteiger partial charge in [0.2, 0.25) is 5.91 Å². The van der Waals surface area contributed by atoms with E-state index in [1.165, 1.54) is 334 Å². The van der Waals surface area contributed by atoms with Crippen LogP contribution in [0.2, 0.25) is 0 Å². The first-order chi connectivity index (χ1) is 38.0. The Morgan fingerprint density at radius 3 is 0.922 bits per heavy atom. The van der Waals surface area contributed by atoms with Crippen molar-refractivity contribution in [3.05, 3.63) is 12.2 Å². The minimum Gasteiger partial charge on any atom is -0.466 e. The van der Waals surface area contributed by atoms with E-state index in [1.807, 2.05) is 0 Å². The molecule has 6 nitrogen and oxygen atoms in total. The monoisotopic (exact) mass is 1090 g/mol. The van der Waals surface area contributed by atoms with Crippen LogP contribution in [0.4, 0.5) is 0 Å². The van der Waals surface area contributed by atoms with Crippen molar-refractivity contribution in [2.24, 2.45) is 0 Å². The number of amides is 1. The molecular weight excluding hydrogens is 947 g/mol. The standard InChI is InChI=1S/C71H139NO5/c1-3-5-7-9-11-13-15-17-18-19-20-30-33-36-40-43-47-51-55-59-63-69(74)68(67-73)72-70(75)64-60-56-52-48-44-41-37-34-31-28-26-24-22-21-23-25-27-29-32-35-38-42-46-50-54-58-62-66-77-71(76)65-61-57-53-49-45-39-16-14-12-10-8-6-4-2/h21-22,68-69,73-74H,3-20,23-67H2,1-2H3,(H,72,75)/b22-21-. The molecule has 3 N–H and O–H groups in total. The quantitative estimate of drug-likeness (QED) is 0.0320. The van der Waals surface area contributed by atoms with Gasteiger partial charge in [-0.15, -0.1) is 0 Å². The summed E-state index contributed by atoms with van der Waals surface area (Å²) in [7, 11) is 0. The number of carbonyl (C=O) groups excluding carboxylic acids is 2. The molecule has 0 radical (unpaired) electrons. The normalized spacial score (nSPS) is 12.5. The lowest BCUT2D eigenvalue weighted by atomic mass is 10.0. The van der Waals surface area contributed by atoms with E-state index in [0.29, 0.717) is 25.9 Å². The molecule has 0 aromatic rings. The smallest absolute Gasteiger partial charge is 0.305 e. The lowest BCUT2D eigenvalue weighted by Crippen LogP contribution is -2.45. The van der Waals surface area contributed by atoms with E-state index < -0.39 is 12.1 Å². The molecule has 2 atom stereocenters. The maximum absolute atomic E-state index is 12.5. The van der Waals surface area contributed by atoms with E-state index in [-0.39, 0.29) is 18.5 Å². The van der Waals surface area contributed by atoms with Crippen LogP contribution in [0.1, 0.15) is 406 Å². The van der Waals surface area contributed by atoms with Gasteiger partial charge >= 0.3 is 5.97 Å². The van der Waals surface area contributed by atoms with Crippen LogP contribution in [0.15, 0.2) is 12.2 Å². The molecule has 0 fully saturated rings. The number of unbranched alkanes of at least 4 members (excludes halogenated alkanes) is 54. The Labute approximate surface area is 482 Å². The van der Waals surface area contributed by atoms with Crippen LogP contribution in [0.3, 0.4) is 0 Å². The number of rotatable bonds is 67. The SMILES string of the molecule is CCCCCCCCCCCCCCCCCCCCCCC(O)C(CO)NC(=O)CCCCCCCCCCCCC/C=C\CCCCCCCCCCCCCCOC(=O)CCCCCCCCCCCCCCC. The molecule has 458 valence electrons. The summed E-state index contributed by atoms with van der Waals surface area (Å²) in [5.74, 6) is -0.0134. The molecule has 1 amide bonds. The van der Waals surface area contributed by atoms with Gasteiger partial charge in [0.15, 0.2) is 0 Å². The van der Waals surface area contributed by atoms with Gasteiger partial charge in [0.1, 0.15) is 0 Å². The summed E-state index contributed by atoms with van der Waals surface area (Å²) in [5.41, 5.74) is 0. The number of allylic oxidation sites excluding steroid dienone is 2. The Bertz CT molecular complexity index is 1160. The zero-order chi connectivity index (χ0) is 55.7. The molecule has 0 spiro atoms. The van der Waals surface area contributed by atoms with E-state index in [9.17, 15) is 19.8 Å². The second-order valence-corrected chi connectivity index (χ2v) is 24.6. The van der Waals surface area contributed by atoms with E-state index >= 15 is 0 Å². The molecule has 2 unspecified atom stereocenters. The minimum atomic E-state index is -0.665. The molecule has 0 aliphatic carbocycles. The van der Waals surface area contributed by atoms with Crippen LogP contribution in [-0.4, -0.2) is 47.4 Å². The Morgan fingerprint density at radius 1 is 0.351 bits per heavy atom. The third-order valence-electron chi connectivity index (χ3n) is 16.8. The molecule has 0 bridgehead atoms. The lowest BCUT2D eigenvalue weighted by Gasteiger charge is -2.22. The highest BCUT2D eigenvalue weighted by Crippen LogP contribution is 2.19. The summed E-state index contributed by atoms with van der Waals surface area (Å²) in [6.07, 6.45) is 82.6. The van der Waals surface area contributed by atoms with E-state index in [2.05, 4.69) is 31.3 Å². The number of carbonyl (C=O) groups is 2.